The van der Waals surface area contributed by atoms with Crippen molar-refractivity contribution >= 4 is 5.91 Å². The van der Waals surface area contributed by atoms with Crippen LogP contribution in [0.5, 0.6) is 5.75 Å². The second kappa shape index (κ2) is 6.78. The minimum Gasteiger partial charge on any atom is -0.497 e. The van der Waals surface area contributed by atoms with Crippen LogP contribution in [0.3, 0.4) is 0 Å². The molecule has 1 aliphatic rings. The first-order valence-corrected chi connectivity index (χ1v) is 7.52. The molecule has 2 rings (SSSR count). The lowest BCUT2D eigenvalue weighted by atomic mass is 9.78. The van der Waals surface area contributed by atoms with Gasteiger partial charge in [0.05, 0.1) is 13.5 Å². The average Bonchev–Trinajstić information content (AvgIpc) is 2.45. The van der Waals surface area contributed by atoms with E-state index in [1.165, 1.54) is 12.8 Å². The molecule has 20 heavy (non-hydrogen) atoms. The Bertz CT molecular complexity index is 441. The Morgan fingerprint density at radius 2 is 1.95 bits per heavy atom. The normalized spacial score (nSPS) is 26.1. The van der Waals surface area contributed by atoms with Crippen LogP contribution in [0.25, 0.3) is 0 Å². The first-order valence-electron chi connectivity index (χ1n) is 7.52. The van der Waals surface area contributed by atoms with Gasteiger partial charge in [0.25, 0.3) is 0 Å². The highest BCUT2D eigenvalue weighted by Crippen LogP contribution is 2.29. The van der Waals surface area contributed by atoms with Gasteiger partial charge < -0.3 is 10.1 Å². The zero-order chi connectivity index (χ0) is 14.5. The molecular formula is C17H25NO2. The summed E-state index contributed by atoms with van der Waals surface area (Å²) in [5.41, 5.74) is 1.03. The molecular weight excluding hydrogens is 250 g/mol. The van der Waals surface area contributed by atoms with Crippen LogP contribution in [0.4, 0.5) is 0 Å². The molecule has 0 aromatic heterocycles. The number of methoxy groups -OCH3 is 1. The van der Waals surface area contributed by atoms with Gasteiger partial charge in [0.15, 0.2) is 0 Å². The molecule has 1 fully saturated rings. The Labute approximate surface area is 121 Å². The highest BCUT2D eigenvalue weighted by Gasteiger charge is 2.27. The van der Waals surface area contributed by atoms with Gasteiger partial charge in [0.1, 0.15) is 5.75 Å². The molecule has 0 aliphatic heterocycles. The van der Waals surface area contributed by atoms with Crippen molar-refractivity contribution in [3.05, 3.63) is 29.8 Å². The number of hydrogen-bond acceptors (Lipinski definition) is 2. The maximum Gasteiger partial charge on any atom is 0.224 e. The van der Waals surface area contributed by atoms with Gasteiger partial charge in [0, 0.05) is 6.04 Å². The van der Waals surface area contributed by atoms with E-state index in [0.29, 0.717) is 24.3 Å². The van der Waals surface area contributed by atoms with Crippen LogP contribution in [0, 0.1) is 11.8 Å². The van der Waals surface area contributed by atoms with Crippen LogP contribution in [0.2, 0.25) is 0 Å². The van der Waals surface area contributed by atoms with E-state index in [0.717, 1.165) is 17.7 Å². The molecule has 1 N–H and O–H groups in total. The standard InChI is InChI=1S/C17H25NO2/c1-12-5-4-6-16(13(12)2)18-17(19)11-14-7-9-15(20-3)10-8-14/h7-10,12-13,16H,4-6,11H2,1-3H3,(H,18,19). The van der Waals surface area contributed by atoms with E-state index in [2.05, 4.69) is 19.2 Å². The van der Waals surface area contributed by atoms with Crippen LogP contribution in [-0.2, 0) is 11.2 Å². The molecule has 1 aromatic rings. The van der Waals surface area contributed by atoms with Crippen LogP contribution >= 0.6 is 0 Å². The topological polar surface area (TPSA) is 38.3 Å². The third-order valence-electron chi connectivity index (χ3n) is 4.58. The molecule has 110 valence electrons. The van der Waals surface area contributed by atoms with Gasteiger partial charge in [-0.15, -0.1) is 0 Å². The van der Waals surface area contributed by atoms with E-state index in [-0.39, 0.29) is 5.91 Å². The molecule has 3 heteroatoms. The summed E-state index contributed by atoms with van der Waals surface area (Å²) in [4.78, 5) is 12.1. The predicted molar refractivity (Wildman–Crippen MR) is 80.8 cm³/mol. The quantitative estimate of drug-likeness (QED) is 0.916. The van der Waals surface area contributed by atoms with Crippen LogP contribution in [0.15, 0.2) is 24.3 Å². The number of nitrogens with one attached hydrogen (secondary N) is 1. The van der Waals surface area contributed by atoms with Gasteiger partial charge in [-0.1, -0.05) is 38.8 Å². The number of ether oxygens (including phenoxy) is 1. The second-order valence-corrected chi connectivity index (χ2v) is 5.97. The SMILES string of the molecule is COc1ccc(CC(=O)NC2CCCC(C)C2C)cc1. The first kappa shape index (κ1) is 14.9. The lowest BCUT2D eigenvalue weighted by Gasteiger charge is -2.34. The zero-order valence-electron chi connectivity index (χ0n) is 12.7. The van der Waals surface area contributed by atoms with Crippen molar-refractivity contribution in [2.24, 2.45) is 11.8 Å². The third kappa shape index (κ3) is 3.75. The van der Waals surface area contributed by atoms with Gasteiger partial charge in [-0.05, 0) is 36.0 Å². The van der Waals surface area contributed by atoms with Crippen molar-refractivity contribution in [1.29, 1.82) is 0 Å². The highest BCUT2D eigenvalue weighted by molar-refractivity contribution is 5.78. The summed E-state index contributed by atoms with van der Waals surface area (Å²) >= 11 is 0. The van der Waals surface area contributed by atoms with Crippen molar-refractivity contribution in [1.82, 2.24) is 5.32 Å². The Balaban J connectivity index is 1.88. The molecule has 0 heterocycles. The lowest BCUT2D eigenvalue weighted by molar-refractivity contribution is -0.121. The first-order chi connectivity index (χ1) is 9.60. The molecule has 0 radical (unpaired) electrons. The Morgan fingerprint density at radius 1 is 1.25 bits per heavy atom. The number of carbonyl (C=O) groups is 1. The van der Waals surface area contributed by atoms with E-state index in [4.69, 9.17) is 4.74 Å². The number of amides is 1. The van der Waals surface area contributed by atoms with Crippen LogP contribution < -0.4 is 10.1 Å². The monoisotopic (exact) mass is 275 g/mol. The zero-order valence-corrected chi connectivity index (χ0v) is 12.7. The predicted octanol–water partition coefficient (Wildman–Crippen LogP) is 3.18. The van der Waals surface area contributed by atoms with Gasteiger partial charge in [-0.3, -0.25) is 4.79 Å². The number of hydrogen-bond donors (Lipinski definition) is 1. The largest absolute Gasteiger partial charge is 0.497 e. The average molecular weight is 275 g/mol. The Morgan fingerprint density at radius 3 is 2.60 bits per heavy atom. The van der Waals surface area contributed by atoms with E-state index in [1.807, 2.05) is 24.3 Å². The summed E-state index contributed by atoms with van der Waals surface area (Å²) in [6, 6.07) is 8.03. The van der Waals surface area contributed by atoms with Crippen molar-refractivity contribution in [2.75, 3.05) is 7.11 Å². The summed E-state index contributed by atoms with van der Waals surface area (Å²) in [6.07, 6.45) is 4.06. The Hall–Kier alpha value is -1.51. The maximum atomic E-state index is 12.1. The van der Waals surface area contributed by atoms with E-state index in [1.54, 1.807) is 7.11 Å². The fourth-order valence-corrected chi connectivity index (χ4v) is 2.97. The van der Waals surface area contributed by atoms with Crippen LogP contribution in [-0.4, -0.2) is 19.1 Å². The minimum absolute atomic E-state index is 0.126. The molecule has 1 aliphatic carbocycles. The van der Waals surface area contributed by atoms with Gasteiger partial charge in [0.2, 0.25) is 5.91 Å². The third-order valence-corrected chi connectivity index (χ3v) is 4.58. The molecule has 1 amide bonds. The fraction of sp³-hybridized carbons (Fsp3) is 0.588. The summed E-state index contributed by atoms with van der Waals surface area (Å²) in [6.45, 7) is 4.54. The summed E-state index contributed by atoms with van der Waals surface area (Å²) in [7, 11) is 1.65. The highest BCUT2D eigenvalue weighted by atomic mass is 16.5. The van der Waals surface area contributed by atoms with Crippen molar-refractivity contribution in [3.8, 4) is 5.75 Å². The van der Waals surface area contributed by atoms with Gasteiger partial charge in [-0.2, -0.15) is 0 Å². The molecule has 1 aromatic carbocycles. The fourth-order valence-electron chi connectivity index (χ4n) is 2.97. The second-order valence-electron chi connectivity index (χ2n) is 5.97. The summed E-state index contributed by atoms with van der Waals surface area (Å²) in [5.74, 6) is 2.23. The van der Waals surface area contributed by atoms with E-state index >= 15 is 0 Å². The molecule has 3 nitrogen and oxygen atoms in total. The number of carbonyl (C=O) groups excluding carboxylic acids is 1. The Kier molecular flexibility index (Phi) is 5.05. The molecule has 0 bridgehead atoms. The summed E-state index contributed by atoms with van der Waals surface area (Å²) in [5, 5.41) is 3.21. The van der Waals surface area contributed by atoms with E-state index in [9.17, 15) is 4.79 Å². The van der Waals surface area contributed by atoms with Crippen molar-refractivity contribution < 1.29 is 9.53 Å². The molecule has 1 saturated carbocycles. The van der Waals surface area contributed by atoms with Gasteiger partial charge in [-0.25, -0.2) is 0 Å². The molecule has 3 unspecified atom stereocenters. The lowest BCUT2D eigenvalue weighted by Crippen LogP contribution is -2.44. The molecule has 3 atom stereocenters. The summed E-state index contributed by atoms with van der Waals surface area (Å²) < 4.78 is 5.12. The number of rotatable bonds is 4. The number of benzene rings is 1. The van der Waals surface area contributed by atoms with Crippen molar-refractivity contribution in [3.63, 3.8) is 0 Å². The minimum atomic E-state index is 0.126. The van der Waals surface area contributed by atoms with Crippen LogP contribution in [0.1, 0.15) is 38.7 Å². The maximum absolute atomic E-state index is 12.1. The van der Waals surface area contributed by atoms with Crippen molar-refractivity contribution in [2.45, 2.75) is 45.6 Å². The smallest absolute Gasteiger partial charge is 0.224 e. The van der Waals surface area contributed by atoms with E-state index < -0.39 is 0 Å². The van der Waals surface area contributed by atoms with Gasteiger partial charge >= 0.3 is 0 Å². The molecule has 0 saturated heterocycles. The molecule has 0 spiro atoms.